The van der Waals surface area contributed by atoms with Gasteiger partial charge in [-0.15, -0.1) is 0 Å². The maximum absolute atomic E-state index is 12.8. The third-order valence-electron chi connectivity index (χ3n) is 9.39. The van der Waals surface area contributed by atoms with E-state index >= 15 is 0 Å². The number of nitrogens with one attached hydrogen (secondary N) is 1. The Balaban J connectivity index is 0.000000209. The first-order valence-corrected chi connectivity index (χ1v) is 18.0. The summed E-state index contributed by atoms with van der Waals surface area (Å²) in [5.74, 6) is -1.56. The Morgan fingerprint density at radius 1 is 0.815 bits per heavy atom. The van der Waals surface area contributed by atoms with E-state index in [9.17, 15) is 39.0 Å². The Hall–Kier alpha value is -6.10. The number of rotatable bonds is 15. The smallest absolute Gasteiger partial charge is 0.336 e. The zero-order chi connectivity index (χ0) is 38.8. The number of esters is 1. The standard InChI is InChI=1S/C23H31NO5.C20H12O5/c1-16(25)10-6-3-4-9-13-22(27)24-20(14-18-11-7-5-8-12-18)21(26)15-19-17(2)29-23(19)28;21-11-5-7-15-17(9-11)25-18-10-12(22)6-8-16(18)19(15)13-3-1-2-4-14(13)20(23)24/h5,7-8,11-12,17,19-20H,3-4,6,9-10,13-15H2,1-2H3,(H,24,27);1-10,21H,(H,23,24)/t17-,19+,20+;/m1./s1. The molecular weight excluding hydrogens is 690 g/mol. The van der Waals surface area contributed by atoms with Crippen LogP contribution in [-0.4, -0.2) is 51.8 Å². The first-order chi connectivity index (χ1) is 25.9. The highest BCUT2D eigenvalue weighted by molar-refractivity contribution is 6.07. The molecule has 3 N–H and O–H groups in total. The van der Waals surface area contributed by atoms with Gasteiger partial charge in [-0.2, -0.15) is 0 Å². The molecule has 1 fully saturated rings. The van der Waals surface area contributed by atoms with Crippen molar-refractivity contribution in [1.29, 1.82) is 0 Å². The highest BCUT2D eigenvalue weighted by Gasteiger charge is 2.41. The molecule has 6 rings (SSSR count). The van der Waals surface area contributed by atoms with E-state index in [1.807, 2.05) is 30.3 Å². The highest BCUT2D eigenvalue weighted by atomic mass is 16.6. The van der Waals surface area contributed by atoms with Crippen molar-refractivity contribution in [3.8, 4) is 28.2 Å². The minimum atomic E-state index is -1.04. The van der Waals surface area contributed by atoms with Crippen molar-refractivity contribution in [2.75, 3.05) is 0 Å². The number of carbonyl (C=O) groups excluding carboxylic acids is 4. The van der Waals surface area contributed by atoms with Gasteiger partial charge in [0.15, 0.2) is 11.2 Å². The fourth-order valence-corrected chi connectivity index (χ4v) is 6.49. The second-order valence-corrected chi connectivity index (χ2v) is 13.5. The Morgan fingerprint density at radius 2 is 1.52 bits per heavy atom. The molecule has 280 valence electrons. The average Bonchev–Trinajstić information content (AvgIpc) is 3.14. The molecule has 3 aromatic rings. The zero-order valence-electron chi connectivity index (χ0n) is 30.2. The Kier molecular flexibility index (Phi) is 13.1. The predicted molar refractivity (Wildman–Crippen MR) is 202 cm³/mol. The molecule has 0 aromatic heterocycles. The second kappa shape index (κ2) is 18.1. The number of hydrogen-bond donors (Lipinski definition) is 3. The van der Waals surface area contributed by atoms with E-state index in [1.165, 1.54) is 30.3 Å². The molecule has 3 atom stereocenters. The summed E-state index contributed by atoms with van der Waals surface area (Å²) in [6, 6.07) is 24.6. The molecule has 0 bridgehead atoms. The number of fused-ring (bicyclic) bond motifs is 2. The first kappa shape index (κ1) is 39.1. The number of cyclic esters (lactones) is 1. The van der Waals surface area contributed by atoms with E-state index in [4.69, 9.17) is 9.15 Å². The monoisotopic (exact) mass is 733 g/mol. The van der Waals surface area contributed by atoms with Crippen LogP contribution in [0.1, 0.15) is 74.7 Å². The van der Waals surface area contributed by atoms with Crippen LogP contribution in [0.15, 0.2) is 100 Å². The quantitative estimate of drug-likeness (QED) is 0.0570. The number of carboxylic acids is 1. The lowest BCUT2D eigenvalue weighted by atomic mass is 9.88. The SMILES string of the molecule is CC(=O)CCCCCCC(=O)N[C@@H](Cc1ccccc1)C(=O)C[C@@H]1C(=O)O[C@@H]1C.O=C(O)c1ccccc1-c1c2ccc(=O)cc-2oc2cc(O)ccc12. The maximum atomic E-state index is 12.8. The van der Waals surface area contributed by atoms with E-state index in [0.717, 1.165) is 31.2 Å². The number of ether oxygens (including phenoxy) is 1. The molecule has 0 spiro atoms. The Bertz CT molecular complexity index is 2170. The van der Waals surface area contributed by atoms with E-state index in [1.54, 1.807) is 44.2 Å². The molecule has 1 aliphatic carbocycles. The Labute approximate surface area is 312 Å². The summed E-state index contributed by atoms with van der Waals surface area (Å²) >= 11 is 0. The molecule has 0 saturated carbocycles. The average molecular weight is 734 g/mol. The molecule has 1 saturated heterocycles. The van der Waals surface area contributed by atoms with Gasteiger partial charge in [-0.05, 0) is 74.6 Å². The Morgan fingerprint density at radius 3 is 2.20 bits per heavy atom. The van der Waals surface area contributed by atoms with Gasteiger partial charge in [0, 0.05) is 47.9 Å². The molecule has 3 aromatic carbocycles. The number of carboxylic acid groups (broad SMARTS) is 1. The molecule has 2 heterocycles. The molecule has 0 unspecified atom stereocenters. The van der Waals surface area contributed by atoms with Crippen LogP contribution in [0.5, 0.6) is 5.75 Å². The number of amides is 1. The van der Waals surface area contributed by atoms with Gasteiger partial charge >= 0.3 is 11.9 Å². The number of Topliss-reactive ketones (excluding diaryl/α,β-unsaturated/α-hetero) is 2. The van der Waals surface area contributed by atoms with E-state index < -0.39 is 17.9 Å². The van der Waals surface area contributed by atoms with Gasteiger partial charge < -0.3 is 29.5 Å². The van der Waals surface area contributed by atoms with Crippen LogP contribution in [0.25, 0.3) is 33.4 Å². The zero-order valence-corrected chi connectivity index (χ0v) is 30.2. The van der Waals surface area contributed by atoms with Crippen molar-refractivity contribution in [3.05, 3.63) is 112 Å². The third-order valence-corrected chi connectivity index (χ3v) is 9.39. The van der Waals surface area contributed by atoms with Gasteiger partial charge in [0.1, 0.15) is 34.9 Å². The summed E-state index contributed by atoms with van der Waals surface area (Å²) in [5.41, 5.74) is 3.06. The normalized spacial score (nSPS) is 15.3. The summed E-state index contributed by atoms with van der Waals surface area (Å²) in [4.78, 5) is 71.1. The van der Waals surface area contributed by atoms with Crippen molar-refractivity contribution < 1.29 is 43.3 Å². The van der Waals surface area contributed by atoms with E-state index in [2.05, 4.69) is 5.32 Å². The molecule has 3 aliphatic rings. The predicted octanol–water partition coefficient (Wildman–Crippen LogP) is 7.13. The van der Waals surface area contributed by atoms with Crippen LogP contribution in [0, 0.1) is 5.92 Å². The number of aromatic hydroxyl groups is 1. The number of unbranched alkanes of at least 4 members (excludes halogenated alkanes) is 3. The number of aromatic carboxylic acids is 1. The van der Waals surface area contributed by atoms with Crippen LogP contribution < -0.4 is 10.7 Å². The summed E-state index contributed by atoms with van der Waals surface area (Å²) in [5, 5.41) is 22.8. The van der Waals surface area contributed by atoms with Crippen molar-refractivity contribution in [2.45, 2.75) is 77.4 Å². The van der Waals surface area contributed by atoms with Gasteiger partial charge in [-0.1, -0.05) is 61.4 Å². The van der Waals surface area contributed by atoms with Gasteiger partial charge in [0.25, 0.3) is 0 Å². The van der Waals surface area contributed by atoms with Crippen LogP contribution in [-0.2, 0) is 30.3 Å². The van der Waals surface area contributed by atoms with Crippen molar-refractivity contribution in [3.63, 3.8) is 0 Å². The molecule has 0 radical (unpaired) electrons. The second-order valence-electron chi connectivity index (χ2n) is 13.5. The summed E-state index contributed by atoms with van der Waals surface area (Å²) < 4.78 is 10.7. The number of phenols is 1. The van der Waals surface area contributed by atoms with Gasteiger partial charge in [0.05, 0.1) is 11.6 Å². The van der Waals surface area contributed by atoms with E-state index in [0.29, 0.717) is 52.7 Å². The summed E-state index contributed by atoms with van der Waals surface area (Å²) in [6.45, 7) is 3.36. The van der Waals surface area contributed by atoms with Crippen LogP contribution in [0.3, 0.4) is 0 Å². The van der Waals surface area contributed by atoms with Gasteiger partial charge in [-0.3, -0.25) is 19.2 Å². The van der Waals surface area contributed by atoms with Crippen molar-refractivity contribution in [1.82, 2.24) is 5.32 Å². The summed E-state index contributed by atoms with van der Waals surface area (Å²) in [7, 11) is 0. The van der Waals surface area contributed by atoms with Crippen molar-refractivity contribution in [2.24, 2.45) is 5.92 Å². The van der Waals surface area contributed by atoms with E-state index in [-0.39, 0.29) is 52.7 Å². The number of phenolic OH excluding ortho intramolecular Hbond substituents is 1. The fourth-order valence-electron chi connectivity index (χ4n) is 6.49. The third kappa shape index (κ3) is 10.1. The lowest BCUT2D eigenvalue weighted by Gasteiger charge is -2.32. The fraction of sp³-hybridized carbons (Fsp3) is 0.302. The minimum absolute atomic E-state index is 0.0198. The maximum Gasteiger partial charge on any atom is 0.336 e. The van der Waals surface area contributed by atoms with Crippen LogP contribution in [0.4, 0.5) is 0 Å². The van der Waals surface area contributed by atoms with Crippen LogP contribution in [0.2, 0.25) is 0 Å². The number of benzene rings is 4. The van der Waals surface area contributed by atoms with Gasteiger partial charge in [-0.25, -0.2) is 4.79 Å². The molecule has 11 heteroatoms. The molecule has 11 nitrogen and oxygen atoms in total. The first-order valence-electron chi connectivity index (χ1n) is 18.0. The highest BCUT2D eigenvalue weighted by Crippen LogP contribution is 2.41. The molecule has 2 aliphatic heterocycles. The lowest BCUT2D eigenvalue weighted by Crippen LogP contribution is -2.48. The topological polar surface area (TPSA) is 177 Å². The molecule has 54 heavy (non-hydrogen) atoms. The largest absolute Gasteiger partial charge is 0.508 e. The van der Waals surface area contributed by atoms with Gasteiger partial charge in [0.2, 0.25) is 5.91 Å². The number of ketones is 2. The minimum Gasteiger partial charge on any atom is -0.508 e. The summed E-state index contributed by atoms with van der Waals surface area (Å²) in [6.07, 6.45) is 4.54. The van der Waals surface area contributed by atoms with Crippen LogP contribution >= 0.6 is 0 Å². The number of hydrogen-bond acceptors (Lipinski definition) is 9. The number of carbonyl (C=O) groups is 5. The molecule has 1 amide bonds. The molecular formula is C43H43NO10. The van der Waals surface area contributed by atoms with Crippen molar-refractivity contribution >= 4 is 40.4 Å². The lowest BCUT2D eigenvalue weighted by molar-refractivity contribution is -0.183.